The predicted molar refractivity (Wildman–Crippen MR) is 59.7 cm³/mol. The highest BCUT2D eigenvalue weighted by molar-refractivity contribution is 5.73. The standard InChI is InChI=1S/C11H15N3O/c1-6-4-5-9-10(12)11(8(3)15)13-14(9)7(6)2/h4-5,8,15H,12H2,1-3H3. The highest BCUT2D eigenvalue weighted by atomic mass is 16.3. The monoisotopic (exact) mass is 205 g/mol. The smallest absolute Gasteiger partial charge is 0.115 e. The lowest BCUT2D eigenvalue weighted by molar-refractivity contribution is 0.194. The van der Waals surface area contributed by atoms with Crippen LogP contribution in [-0.4, -0.2) is 14.7 Å². The second kappa shape index (κ2) is 3.24. The Morgan fingerprint density at radius 3 is 2.67 bits per heavy atom. The molecule has 0 saturated carbocycles. The van der Waals surface area contributed by atoms with E-state index in [0.717, 1.165) is 16.8 Å². The van der Waals surface area contributed by atoms with Crippen LogP contribution < -0.4 is 5.73 Å². The molecular formula is C11H15N3O. The van der Waals surface area contributed by atoms with Crippen molar-refractivity contribution in [1.29, 1.82) is 0 Å². The molecule has 2 rings (SSSR count). The zero-order valence-corrected chi connectivity index (χ0v) is 9.15. The normalized spacial score (nSPS) is 13.3. The van der Waals surface area contributed by atoms with Crippen molar-refractivity contribution >= 4 is 11.2 Å². The molecule has 0 saturated heterocycles. The quantitative estimate of drug-likeness (QED) is 0.743. The van der Waals surface area contributed by atoms with Gasteiger partial charge in [-0.05, 0) is 32.4 Å². The van der Waals surface area contributed by atoms with Crippen molar-refractivity contribution in [3.63, 3.8) is 0 Å². The summed E-state index contributed by atoms with van der Waals surface area (Å²) in [5, 5.41) is 13.8. The fourth-order valence-corrected chi connectivity index (χ4v) is 1.68. The second-order valence-electron chi connectivity index (χ2n) is 3.87. The average molecular weight is 205 g/mol. The number of pyridine rings is 1. The molecule has 2 aromatic heterocycles. The molecule has 1 atom stereocenters. The minimum absolute atomic E-state index is 0.545. The number of nitrogens with two attached hydrogens (primary N) is 1. The molecule has 0 bridgehead atoms. The molecular weight excluding hydrogens is 190 g/mol. The number of nitrogens with zero attached hydrogens (tertiary/aromatic N) is 2. The summed E-state index contributed by atoms with van der Waals surface area (Å²) in [6.07, 6.45) is -0.635. The van der Waals surface area contributed by atoms with Crippen molar-refractivity contribution in [3.8, 4) is 0 Å². The summed E-state index contributed by atoms with van der Waals surface area (Å²) in [5.41, 5.74) is 10.1. The number of aryl methyl sites for hydroxylation is 2. The summed E-state index contributed by atoms with van der Waals surface area (Å²) in [5.74, 6) is 0. The number of anilines is 1. The number of aliphatic hydroxyl groups is 1. The topological polar surface area (TPSA) is 63.5 Å². The zero-order valence-electron chi connectivity index (χ0n) is 9.15. The fraction of sp³-hybridized carbons (Fsp3) is 0.364. The van der Waals surface area contributed by atoms with Crippen LogP contribution in [-0.2, 0) is 0 Å². The van der Waals surface area contributed by atoms with Crippen molar-refractivity contribution in [3.05, 3.63) is 29.1 Å². The van der Waals surface area contributed by atoms with Gasteiger partial charge in [0, 0.05) is 5.69 Å². The van der Waals surface area contributed by atoms with Gasteiger partial charge >= 0.3 is 0 Å². The Hall–Kier alpha value is -1.55. The van der Waals surface area contributed by atoms with Gasteiger partial charge in [0.25, 0.3) is 0 Å². The van der Waals surface area contributed by atoms with E-state index >= 15 is 0 Å². The van der Waals surface area contributed by atoms with E-state index in [1.165, 1.54) is 0 Å². The number of nitrogen functional groups attached to an aromatic ring is 1. The third-order valence-electron chi connectivity index (χ3n) is 2.76. The van der Waals surface area contributed by atoms with Crippen LogP contribution >= 0.6 is 0 Å². The third-order valence-corrected chi connectivity index (χ3v) is 2.76. The number of fused-ring (bicyclic) bond motifs is 1. The van der Waals surface area contributed by atoms with Gasteiger partial charge in [0.15, 0.2) is 0 Å². The van der Waals surface area contributed by atoms with E-state index in [0.29, 0.717) is 11.4 Å². The van der Waals surface area contributed by atoms with Crippen molar-refractivity contribution in [2.45, 2.75) is 26.9 Å². The van der Waals surface area contributed by atoms with Gasteiger partial charge in [-0.3, -0.25) is 0 Å². The van der Waals surface area contributed by atoms with Crippen LogP contribution in [0.2, 0.25) is 0 Å². The number of hydrogen-bond acceptors (Lipinski definition) is 3. The highest BCUT2D eigenvalue weighted by Gasteiger charge is 2.15. The first-order valence-electron chi connectivity index (χ1n) is 4.94. The van der Waals surface area contributed by atoms with Gasteiger partial charge in [-0.2, -0.15) is 5.10 Å². The molecule has 80 valence electrons. The van der Waals surface area contributed by atoms with Crippen LogP contribution in [0.4, 0.5) is 5.69 Å². The van der Waals surface area contributed by atoms with Crippen LogP contribution in [0, 0.1) is 13.8 Å². The molecule has 3 N–H and O–H groups in total. The summed E-state index contributed by atoms with van der Waals surface area (Å²) >= 11 is 0. The van der Waals surface area contributed by atoms with Crippen LogP contribution in [0.5, 0.6) is 0 Å². The molecule has 0 radical (unpaired) electrons. The van der Waals surface area contributed by atoms with E-state index in [9.17, 15) is 5.11 Å². The Bertz CT molecular complexity index is 514. The molecule has 0 aromatic carbocycles. The minimum Gasteiger partial charge on any atom is -0.395 e. The molecule has 0 amide bonds. The third kappa shape index (κ3) is 1.37. The molecule has 0 aliphatic rings. The molecule has 4 heteroatoms. The van der Waals surface area contributed by atoms with Gasteiger partial charge in [0.05, 0.1) is 17.3 Å². The van der Waals surface area contributed by atoms with Crippen LogP contribution in [0.3, 0.4) is 0 Å². The Balaban J connectivity index is 2.82. The fourth-order valence-electron chi connectivity index (χ4n) is 1.68. The average Bonchev–Trinajstić information content (AvgIpc) is 2.51. The maximum Gasteiger partial charge on any atom is 0.115 e. The SMILES string of the molecule is Cc1ccc2c(N)c(C(C)O)nn2c1C. The summed E-state index contributed by atoms with van der Waals surface area (Å²) < 4.78 is 1.78. The number of hydrogen-bond donors (Lipinski definition) is 2. The highest BCUT2D eigenvalue weighted by Crippen LogP contribution is 2.25. The molecule has 2 heterocycles. The van der Waals surface area contributed by atoms with E-state index in [2.05, 4.69) is 5.10 Å². The molecule has 0 fully saturated rings. The number of aromatic nitrogens is 2. The van der Waals surface area contributed by atoms with E-state index < -0.39 is 6.10 Å². The van der Waals surface area contributed by atoms with Crippen LogP contribution in [0.25, 0.3) is 5.52 Å². The lowest BCUT2D eigenvalue weighted by Gasteiger charge is -2.02. The number of rotatable bonds is 1. The minimum atomic E-state index is -0.635. The molecule has 2 aromatic rings. The van der Waals surface area contributed by atoms with E-state index in [1.807, 2.05) is 26.0 Å². The van der Waals surface area contributed by atoms with Gasteiger partial charge in [0.1, 0.15) is 5.69 Å². The molecule has 0 aliphatic carbocycles. The second-order valence-corrected chi connectivity index (χ2v) is 3.87. The lowest BCUT2D eigenvalue weighted by Crippen LogP contribution is -1.98. The maximum absolute atomic E-state index is 9.51. The largest absolute Gasteiger partial charge is 0.395 e. The Morgan fingerprint density at radius 2 is 2.07 bits per heavy atom. The predicted octanol–water partition coefficient (Wildman–Crippen LogP) is 1.59. The maximum atomic E-state index is 9.51. The van der Waals surface area contributed by atoms with Gasteiger partial charge in [-0.1, -0.05) is 6.07 Å². The van der Waals surface area contributed by atoms with Crippen molar-refractivity contribution < 1.29 is 5.11 Å². The van der Waals surface area contributed by atoms with Gasteiger partial charge in [-0.25, -0.2) is 4.52 Å². The Morgan fingerprint density at radius 1 is 1.40 bits per heavy atom. The van der Waals surface area contributed by atoms with E-state index in [-0.39, 0.29) is 0 Å². The Labute approximate surface area is 88.3 Å². The van der Waals surface area contributed by atoms with Crippen molar-refractivity contribution in [2.24, 2.45) is 0 Å². The summed E-state index contributed by atoms with van der Waals surface area (Å²) in [7, 11) is 0. The van der Waals surface area contributed by atoms with Crippen molar-refractivity contribution in [1.82, 2.24) is 9.61 Å². The van der Waals surface area contributed by atoms with Crippen molar-refractivity contribution in [2.75, 3.05) is 5.73 Å². The van der Waals surface area contributed by atoms with Gasteiger partial charge in [0.2, 0.25) is 0 Å². The summed E-state index contributed by atoms with van der Waals surface area (Å²) in [4.78, 5) is 0. The van der Waals surface area contributed by atoms with E-state index in [4.69, 9.17) is 5.73 Å². The molecule has 1 unspecified atom stereocenters. The number of aliphatic hydroxyl groups excluding tert-OH is 1. The molecule has 15 heavy (non-hydrogen) atoms. The Kier molecular flexibility index (Phi) is 2.16. The van der Waals surface area contributed by atoms with E-state index in [1.54, 1.807) is 11.4 Å². The summed E-state index contributed by atoms with van der Waals surface area (Å²) in [6, 6.07) is 3.94. The molecule has 0 aliphatic heterocycles. The first kappa shape index (κ1) is 9.98. The van der Waals surface area contributed by atoms with Crippen LogP contribution in [0.1, 0.15) is 30.0 Å². The first-order chi connectivity index (χ1) is 7.02. The molecule has 0 spiro atoms. The molecule has 4 nitrogen and oxygen atoms in total. The van der Waals surface area contributed by atoms with Gasteiger partial charge in [-0.15, -0.1) is 0 Å². The lowest BCUT2D eigenvalue weighted by atomic mass is 10.2. The van der Waals surface area contributed by atoms with Gasteiger partial charge < -0.3 is 10.8 Å². The first-order valence-corrected chi connectivity index (χ1v) is 4.94. The van der Waals surface area contributed by atoms with Crippen LogP contribution in [0.15, 0.2) is 12.1 Å². The zero-order chi connectivity index (χ0) is 11.2. The summed E-state index contributed by atoms with van der Waals surface area (Å²) in [6.45, 7) is 5.68.